The van der Waals surface area contributed by atoms with Gasteiger partial charge in [-0.3, -0.25) is 14.9 Å². The predicted molar refractivity (Wildman–Crippen MR) is 113 cm³/mol. The van der Waals surface area contributed by atoms with Crippen LogP contribution in [0.15, 0.2) is 48.5 Å². The minimum Gasteiger partial charge on any atom is -0.486 e. The summed E-state index contributed by atoms with van der Waals surface area (Å²) in [7, 11) is 0. The van der Waals surface area contributed by atoms with Crippen LogP contribution in [0.5, 0.6) is 5.75 Å². The number of H-pyrrole nitrogens is 1. The van der Waals surface area contributed by atoms with Crippen LogP contribution in [0.1, 0.15) is 27.4 Å². The maximum atomic E-state index is 12.6. The van der Waals surface area contributed by atoms with Crippen molar-refractivity contribution in [3.63, 3.8) is 0 Å². The van der Waals surface area contributed by atoms with E-state index in [9.17, 15) is 27.6 Å². The molecule has 0 spiro atoms. The van der Waals surface area contributed by atoms with Crippen LogP contribution >= 0.6 is 0 Å². The molecule has 0 aliphatic carbocycles. The molecule has 0 atom stereocenters. The number of imidazole rings is 1. The standard InChI is InChI=1S/C21H18F3N5O5/c22-21(23,24)12-3-5-13(6-4-12)26-20(33)29-19-17(18(25)32)27-15(28-19)10-34-14-7-1-11(2-8-14)9-16(30)31/h1-8H,9-10H2,(H2,25,32)(H,27,28)(H,30,31)(H2,26,29,33). The zero-order valence-electron chi connectivity index (χ0n) is 17.3. The lowest BCUT2D eigenvalue weighted by molar-refractivity contribution is -0.138. The Morgan fingerprint density at radius 3 is 2.24 bits per heavy atom. The molecule has 13 heteroatoms. The van der Waals surface area contributed by atoms with E-state index in [1.54, 1.807) is 24.3 Å². The van der Waals surface area contributed by atoms with Crippen molar-refractivity contribution in [2.45, 2.75) is 19.2 Å². The van der Waals surface area contributed by atoms with Gasteiger partial charge >= 0.3 is 18.2 Å². The number of aromatic amines is 1. The molecule has 0 fully saturated rings. The summed E-state index contributed by atoms with van der Waals surface area (Å²) in [6.07, 6.45) is -4.64. The zero-order valence-corrected chi connectivity index (χ0v) is 17.3. The number of carboxylic acid groups (broad SMARTS) is 1. The topological polar surface area (TPSA) is 159 Å². The van der Waals surface area contributed by atoms with E-state index in [1.165, 1.54) is 0 Å². The Labute approximate surface area is 189 Å². The first-order valence-corrected chi connectivity index (χ1v) is 9.59. The number of alkyl halides is 3. The number of rotatable bonds is 8. The van der Waals surface area contributed by atoms with Gasteiger partial charge in [0.25, 0.3) is 5.91 Å². The van der Waals surface area contributed by atoms with Gasteiger partial charge in [0.1, 0.15) is 23.9 Å². The van der Waals surface area contributed by atoms with E-state index in [-0.39, 0.29) is 36.1 Å². The Balaban J connectivity index is 1.63. The average molecular weight is 477 g/mol. The number of primary amides is 1. The Hall–Kier alpha value is -4.55. The molecule has 178 valence electrons. The van der Waals surface area contributed by atoms with Gasteiger partial charge in [0, 0.05) is 5.69 Å². The number of ether oxygens (including phenoxy) is 1. The number of nitrogens with zero attached hydrogens (tertiary/aromatic N) is 1. The van der Waals surface area contributed by atoms with Gasteiger partial charge in [-0.05, 0) is 42.0 Å². The number of benzene rings is 2. The van der Waals surface area contributed by atoms with Crippen LogP contribution < -0.4 is 21.1 Å². The average Bonchev–Trinajstić information content (AvgIpc) is 3.15. The molecule has 34 heavy (non-hydrogen) atoms. The number of aliphatic carboxylic acids is 1. The van der Waals surface area contributed by atoms with Gasteiger partial charge in [-0.25, -0.2) is 9.78 Å². The minimum absolute atomic E-state index is 0.0802. The van der Waals surface area contributed by atoms with Crippen LogP contribution in [0.4, 0.5) is 29.5 Å². The lowest BCUT2D eigenvalue weighted by atomic mass is 10.1. The largest absolute Gasteiger partial charge is 0.486 e. The first-order valence-electron chi connectivity index (χ1n) is 9.59. The molecule has 0 aliphatic heterocycles. The SMILES string of the molecule is NC(=O)c1[nH]c(COc2ccc(CC(=O)O)cc2)nc1NC(=O)Nc1ccc(C(F)(F)F)cc1. The maximum Gasteiger partial charge on any atom is 0.416 e. The van der Waals surface area contributed by atoms with Crippen molar-refractivity contribution in [1.82, 2.24) is 9.97 Å². The smallest absolute Gasteiger partial charge is 0.416 e. The Morgan fingerprint density at radius 1 is 1.03 bits per heavy atom. The van der Waals surface area contributed by atoms with Gasteiger partial charge < -0.3 is 25.9 Å². The fourth-order valence-corrected chi connectivity index (χ4v) is 2.80. The van der Waals surface area contributed by atoms with E-state index >= 15 is 0 Å². The molecule has 0 saturated carbocycles. The highest BCUT2D eigenvalue weighted by molar-refractivity contribution is 6.04. The van der Waals surface area contributed by atoms with Crippen molar-refractivity contribution in [1.29, 1.82) is 0 Å². The second kappa shape index (κ2) is 9.94. The molecule has 2 aromatic carbocycles. The zero-order chi connectivity index (χ0) is 24.9. The van der Waals surface area contributed by atoms with Crippen LogP contribution in [0.25, 0.3) is 0 Å². The number of carbonyl (C=O) groups excluding carboxylic acids is 2. The first-order chi connectivity index (χ1) is 16.0. The fraction of sp³-hybridized carbons (Fsp3) is 0.143. The minimum atomic E-state index is -4.51. The number of hydrogen-bond donors (Lipinski definition) is 5. The van der Waals surface area contributed by atoms with Crippen molar-refractivity contribution in [3.05, 3.63) is 71.2 Å². The number of carbonyl (C=O) groups is 3. The molecule has 1 aromatic heterocycles. The number of nitrogens with two attached hydrogens (primary N) is 1. The van der Waals surface area contributed by atoms with Crippen LogP contribution in [-0.4, -0.2) is 33.0 Å². The molecule has 3 amide bonds. The van der Waals surface area contributed by atoms with Crippen molar-refractivity contribution in [3.8, 4) is 5.75 Å². The van der Waals surface area contributed by atoms with E-state index in [2.05, 4.69) is 20.6 Å². The molecule has 1 heterocycles. The predicted octanol–water partition coefficient (Wildman–Crippen LogP) is 3.38. The summed E-state index contributed by atoms with van der Waals surface area (Å²) in [6.45, 7) is -0.138. The summed E-state index contributed by atoms with van der Waals surface area (Å²) < 4.78 is 43.4. The van der Waals surface area contributed by atoms with Gasteiger partial charge in [-0.2, -0.15) is 13.2 Å². The van der Waals surface area contributed by atoms with Crippen LogP contribution in [0.2, 0.25) is 0 Å². The third-order valence-electron chi connectivity index (χ3n) is 4.36. The highest BCUT2D eigenvalue weighted by Crippen LogP contribution is 2.29. The molecule has 0 saturated heterocycles. The quantitative estimate of drug-likeness (QED) is 0.334. The molecule has 0 bridgehead atoms. The van der Waals surface area contributed by atoms with Crippen LogP contribution in [-0.2, 0) is 24.0 Å². The van der Waals surface area contributed by atoms with E-state index in [0.717, 1.165) is 24.3 Å². The van der Waals surface area contributed by atoms with Gasteiger partial charge in [-0.15, -0.1) is 0 Å². The highest BCUT2D eigenvalue weighted by atomic mass is 19.4. The van der Waals surface area contributed by atoms with Crippen molar-refractivity contribution < 1.29 is 37.4 Å². The first kappa shape index (κ1) is 24.1. The molecular weight excluding hydrogens is 459 g/mol. The Kier molecular flexibility index (Phi) is 7.04. The van der Waals surface area contributed by atoms with Gasteiger partial charge in [0.2, 0.25) is 0 Å². The number of nitrogens with one attached hydrogen (secondary N) is 3. The van der Waals surface area contributed by atoms with Crippen LogP contribution in [0, 0.1) is 0 Å². The maximum absolute atomic E-state index is 12.6. The summed E-state index contributed by atoms with van der Waals surface area (Å²) in [4.78, 5) is 41.3. The van der Waals surface area contributed by atoms with E-state index in [0.29, 0.717) is 11.3 Å². The van der Waals surface area contributed by atoms with E-state index in [4.69, 9.17) is 15.6 Å². The monoisotopic (exact) mass is 477 g/mol. The molecule has 3 rings (SSSR count). The van der Waals surface area contributed by atoms with Gasteiger partial charge in [0.05, 0.1) is 12.0 Å². The molecule has 6 N–H and O–H groups in total. The third kappa shape index (κ3) is 6.48. The normalized spacial score (nSPS) is 11.0. The number of anilines is 2. The van der Waals surface area contributed by atoms with E-state index in [1.807, 2.05) is 0 Å². The third-order valence-corrected chi connectivity index (χ3v) is 4.36. The second-order valence-electron chi connectivity index (χ2n) is 6.93. The lowest BCUT2D eigenvalue weighted by Crippen LogP contribution is -2.22. The fourth-order valence-electron chi connectivity index (χ4n) is 2.80. The summed E-state index contributed by atoms with van der Waals surface area (Å²) in [5, 5.41) is 13.4. The number of carboxylic acids is 1. The van der Waals surface area contributed by atoms with Crippen molar-refractivity contribution >= 4 is 29.4 Å². The lowest BCUT2D eigenvalue weighted by Gasteiger charge is -2.09. The number of urea groups is 1. The number of hydrogen-bond acceptors (Lipinski definition) is 5. The Morgan fingerprint density at radius 2 is 1.68 bits per heavy atom. The molecule has 0 radical (unpaired) electrons. The van der Waals surface area contributed by atoms with Crippen molar-refractivity contribution in [2.24, 2.45) is 5.73 Å². The van der Waals surface area contributed by atoms with Crippen molar-refractivity contribution in [2.75, 3.05) is 10.6 Å². The summed E-state index contributed by atoms with van der Waals surface area (Å²) in [5.41, 5.74) is 4.88. The molecule has 3 aromatic rings. The van der Waals surface area contributed by atoms with Gasteiger partial charge in [0.15, 0.2) is 5.82 Å². The number of aromatic nitrogens is 2. The second-order valence-corrected chi connectivity index (χ2v) is 6.93. The van der Waals surface area contributed by atoms with Crippen LogP contribution in [0.3, 0.4) is 0 Å². The molecule has 10 nitrogen and oxygen atoms in total. The summed E-state index contributed by atoms with van der Waals surface area (Å²) in [6, 6.07) is 9.19. The highest BCUT2D eigenvalue weighted by Gasteiger charge is 2.30. The molecule has 0 unspecified atom stereocenters. The Bertz CT molecular complexity index is 1190. The molecular formula is C21H18F3N5O5. The van der Waals surface area contributed by atoms with E-state index < -0.39 is 29.6 Å². The van der Waals surface area contributed by atoms with Gasteiger partial charge in [-0.1, -0.05) is 12.1 Å². The number of halogens is 3. The molecule has 0 aliphatic rings. The number of amides is 3. The summed E-state index contributed by atoms with van der Waals surface area (Å²) >= 11 is 0. The summed E-state index contributed by atoms with van der Waals surface area (Å²) in [5.74, 6) is -1.53.